The van der Waals surface area contributed by atoms with E-state index in [1.165, 1.54) is 0 Å². The van der Waals surface area contributed by atoms with Gasteiger partial charge in [0.25, 0.3) is 0 Å². The molecule has 1 N–H and O–H groups in total. The van der Waals surface area contributed by atoms with Gasteiger partial charge in [-0.05, 0) is 33.5 Å². The van der Waals surface area contributed by atoms with E-state index in [2.05, 4.69) is 15.9 Å². The molecule has 0 radical (unpaired) electrons. The minimum atomic E-state index is -0.816. The van der Waals surface area contributed by atoms with Gasteiger partial charge in [0, 0.05) is 0 Å². The molecule has 0 saturated carbocycles. The molecule has 1 unspecified atom stereocenters. The van der Waals surface area contributed by atoms with E-state index in [4.69, 9.17) is 4.74 Å². The third-order valence-electron chi connectivity index (χ3n) is 2.48. The van der Waals surface area contributed by atoms with Crippen molar-refractivity contribution >= 4 is 21.9 Å². The Labute approximate surface area is 104 Å². The lowest BCUT2D eigenvalue weighted by atomic mass is 9.88. The summed E-state index contributed by atoms with van der Waals surface area (Å²) in [6.07, 6.45) is 0. The van der Waals surface area contributed by atoms with Gasteiger partial charge in [0.2, 0.25) is 0 Å². The van der Waals surface area contributed by atoms with E-state index >= 15 is 0 Å². The molecule has 0 heterocycles. The van der Waals surface area contributed by atoms with E-state index in [0.29, 0.717) is 5.75 Å². The summed E-state index contributed by atoms with van der Waals surface area (Å²) in [7, 11) is 1.56. The second-order valence-electron chi connectivity index (χ2n) is 3.92. The van der Waals surface area contributed by atoms with Crippen molar-refractivity contribution in [2.24, 2.45) is 5.92 Å². The highest BCUT2D eigenvalue weighted by Crippen LogP contribution is 2.36. The highest BCUT2D eigenvalue weighted by atomic mass is 79.9. The van der Waals surface area contributed by atoms with E-state index in [0.717, 1.165) is 10.0 Å². The van der Waals surface area contributed by atoms with Crippen molar-refractivity contribution in [2.75, 3.05) is 7.11 Å². The summed E-state index contributed by atoms with van der Waals surface area (Å²) in [5.74, 6) is -0.654. The first-order valence-corrected chi connectivity index (χ1v) is 5.83. The van der Waals surface area contributed by atoms with Crippen molar-refractivity contribution in [3.63, 3.8) is 0 Å². The highest BCUT2D eigenvalue weighted by Gasteiger charge is 2.26. The molecule has 1 aromatic rings. The SMILES string of the molecule is COc1cccc(C(C(=O)O)C(C)C)c1Br. The maximum Gasteiger partial charge on any atom is 0.311 e. The molecule has 4 heteroatoms. The summed E-state index contributed by atoms with van der Waals surface area (Å²) in [6.45, 7) is 3.79. The Morgan fingerprint density at radius 1 is 1.44 bits per heavy atom. The molecule has 3 nitrogen and oxygen atoms in total. The normalized spacial score (nSPS) is 12.6. The van der Waals surface area contributed by atoms with Gasteiger partial charge in [-0.25, -0.2) is 0 Å². The minimum absolute atomic E-state index is 0.0286. The van der Waals surface area contributed by atoms with Crippen molar-refractivity contribution in [1.82, 2.24) is 0 Å². The van der Waals surface area contributed by atoms with E-state index in [-0.39, 0.29) is 5.92 Å². The van der Waals surface area contributed by atoms with E-state index in [9.17, 15) is 9.90 Å². The van der Waals surface area contributed by atoms with Gasteiger partial charge in [0.15, 0.2) is 0 Å². The Hall–Kier alpha value is -1.03. The summed E-state index contributed by atoms with van der Waals surface area (Å²) in [6, 6.07) is 5.41. The number of carboxylic acids is 1. The topological polar surface area (TPSA) is 46.5 Å². The van der Waals surface area contributed by atoms with Crippen LogP contribution in [0.1, 0.15) is 25.3 Å². The largest absolute Gasteiger partial charge is 0.496 e. The average Bonchev–Trinajstić information content (AvgIpc) is 2.20. The maximum absolute atomic E-state index is 11.2. The molecular weight excluding hydrogens is 272 g/mol. The van der Waals surface area contributed by atoms with Crippen molar-refractivity contribution < 1.29 is 14.6 Å². The highest BCUT2D eigenvalue weighted by molar-refractivity contribution is 9.10. The number of carbonyl (C=O) groups is 1. The van der Waals surface area contributed by atoms with Gasteiger partial charge in [-0.15, -0.1) is 0 Å². The monoisotopic (exact) mass is 286 g/mol. The zero-order valence-electron chi connectivity index (χ0n) is 9.53. The number of halogens is 1. The van der Waals surface area contributed by atoms with Crippen molar-refractivity contribution in [3.8, 4) is 5.75 Å². The number of ether oxygens (including phenoxy) is 1. The van der Waals surface area contributed by atoms with Crippen molar-refractivity contribution in [1.29, 1.82) is 0 Å². The number of hydrogen-bond donors (Lipinski definition) is 1. The molecular formula is C12H15BrO3. The molecule has 0 aromatic heterocycles. The summed E-state index contributed by atoms with van der Waals surface area (Å²) in [5.41, 5.74) is 0.752. The van der Waals surface area contributed by atoms with Crippen molar-refractivity contribution in [2.45, 2.75) is 19.8 Å². The Morgan fingerprint density at radius 3 is 2.50 bits per heavy atom. The first kappa shape index (κ1) is 13.0. The van der Waals surface area contributed by atoms with Crippen LogP contribution in [0.15, 0.2) is 22.7 Å². The fourth-order valence-electron chi connectivity index (χ4n) is 1.70. The molecule has 0 spiro atoms. The zero-order valence-corrected chi connectivity index (χ0v) is 11.1. The Bertz CT molecular complexity index is 388. The standard InChI is InChI=1S/C12H15BrO3/c1-7(2)10(12(14)15)8-5-4-6-9(16-3)11(8)13/h4-7,10H,1-3H3,(H,14,15). The number of hydrogen-bond acceptors (Lipinski definition) is 2. The lowest BCUT2D eigenvalue weighted by Crippen LogP contribution is -2.18. The summed E-state index contributed by atoms with van der Waals surface area (Å²) < 4.78 is 5.88. The maximum atomic E-state index is 11.2. The van der Waals surface area contributed by atoms with Gasteiger partial charge < -0.3 is 9.84 Å². The van der Waals surface area contributed by atoms with Crippen LogP contribution < -0.4 is 4.74 Å². The van der Waals surface area contributed by atoms with Crippen LogP contribution in [0.5, 0.6) is 5.75 Å². The van der Waals surface area contributed by atoms with Crippen LogP contribution in [0.3, 0.4) is 0 Å². The van der Waals surface area contributed by atoms with Crippen LogP contribution in [0, 0.1) is 5.92 Å². The predicted octanol–water partition coefficient (Wildman–Crippen LogP) is 3.28. The molecule has 1 rings (SSSR count). The average molecular weight is 287 g/mol. The van der Waals surface area contributed by atoms with E-state index in [1.807, 2.05) is 19.9 Å². The summed E-state index contributed by atoms with van der Waals surface area (Å²) in [5, 5.41) is 9.22. The van der Waals surface area contributed by atoms with Crippen molar-refractivity contribution in [3.05, 3.63) is 28.2 Å². The lowest BCUT2D eigenvalue weighted by molar-refractivity contribution is -0.139. The van der Waals surface area contributed by atoms with Gasteiger partial charge >= 0.3 is 5.97 Å². The Balaban J connectivity index is 3.25. The van der Waals surface area contributed by atoms with Crippen LogP contribution in [-0.4, -0.2) is 18.2 Å². The quantitative estimate of drug-likeness (QED) is 0.924. The number of benzene rings is 1. The first-order chi connectivity index (χ1) is 7.49. The molecule has 1 aromatic carbocycles. The molecule has 0 aliphatic rings. The van der Waals surface area contributed by atoms with Gasteiger partial charge in [0.1, 0.15) is 5.75 Å². The van der Waals surface area contributed by atoms with Crippen LogP contribution in [0.4, 0.5) is 0 Å². The zero-order chi connectivity index (χ0) is 12.3. The van der Waals surface area contributed by atoms with Crippen LogP contribution in [0.25, 0.3) is 0 Å². The molecule has 0 fully saturated rings. The smallest absolute Gasteiger partial charge is 0.311 e. The second-order valence-corrected chi connectivity index (χ2v) is 4.72. The molecule has 0 aliphatic heterocycles. The van der Waals surface area contributed by atoms with Crippen LogP contribution >= 0.6 is 15.9 Å². The summed E-state index contributed by atoms with van der Waals surface area (Å²) >= 11 is 3.39. The van der Waals surface area contributed by atoms with Gasteiger partial charge in [0.05, 0.1) is 17.5 Å². The minimum Gasteiger partial charge on any atom is -0.496 e. The Kier molecular flexibility index (Phi) is 4.35. The fraction of sp³-hybridized carbons (Fsp3) is 0.417. The number of methoxy groups -OCH3 is 1. The van der Waals surface area contributed by atoms with Gasteiger partial charge in [-0.2, -0.15) is 0 Å². The molecule has 0 bridgehead atoms. The third-order valence-corrected chi connectivity index (χ3v) is 3.33. The summed E-state index contributed by atoms with van der Waals surface area (Å²) in [4.78, 5) is 11.2. The molecule has 0 aliphatic carbocycles. The van der Waals surface area contributed by atoms with Crippen LogP contribution in [-0.2, 0) is 4.79 Å². The van der Waals surface area contributed by atoms with Crippen LogP contribution in [0.2, 0.25) is 0 Å². The number of carboxylic acid groups (broad SMARTS) is 1. The molecule has 0 amide bonds. The number of rotatable bonds is 4. The third kappa shape index (κ3) is 2.55. The predicted molar refractivity (Wildman–Crippen MR) is 65.9 cm³/mol. The lowest BCUT2D eigenvalue weighted by Gasteiger charge is -2.19. The van der Waals surface area contributed by atoms with Gasteiger partial charge in [-0.3, -0.25) is 4.79 Å². The molecule has 88 valence electrons. The first-order valence-electron chi connectivity index (χ1n) is 5.04. The van der Waals surface area contributed by atoms with E-state index < -0.39 is 11.9 Å². The van der Waals surface area contributed by atoms with E-state index in [1.54, 1.807) is 19.2 Å². The second kappa shape index (κ2) is 5.34. The fourth-order valence-corrected chi connectivity index (χ4v) is 2.38. The molecule has 1 atom stereocenters. The molecule has 0 saturated heterocycles. The van der Waals surface area contributed by atoms with Gasteiger partial charge in [-0.1, -0.05) is 26.0 Å². The number of aliphatic carboxylic acids is 1. The molecule has 16 heavy (non-hydrogen) atoms. The Morgan fingerprint density at radius 2 is 2.06 bits per heavy atom.